The minimum atomic E-state index is -0.461. The molecule has 3 aliphatic carbocycles. The van der Waals surface area contributed by atoms with Crippen molar-refractivity contribution in [3.63, 3.8) is 0 Å². The van der Waals surface area contributed by atoms with E-state index in [1.807, 2.05) is 25.1 Å². The predicted octanol–water partition coefficient (Wildman–Crippen LogP) is 5.22. The summed E-state index contributed by atoms with van der Waals surface area (Å²) in [7, 11) is 0. The summed E-state index contributed by atoms with van der Waals surface area (Å²) < 4.78 is 0. The van der Waals surface area contributed by atoms with Gasteiger partial charge < -0.3 is 21.3 Å². The molecule has 7 nitrogen and oxygen atoms in total. The number of rotatable bonds is 10. The molecule has 2 atom stereocenters. The van der Waals surface area contributed by atoms with Crippen molar-refractivity contribution >= 4 is 29.0 Å². The van der Waals surface area contributed by atoms with Gasteiger partial charge in [-0.3, -0.25) is 14.4 Å². The maximum Gasteiger partial charge on any atom is 0.251 e. The second-order valence-electron chi connectivity index (χ2n) is 13.0. The Morgan fingerprint density at radius 2 is 1.48 bits per heavy atom. The standard InChI is InChI=1S/C33H40N4O3/c1-18-14-28(32(34)39)29(36-30(19-2-3-19)20-4-5-20)17-27(18)33(40)35-23-15-25-12-13-26(16-23)37(25)24-10-8-22(9-11-24)31(38)21-6-7-21/h8-11,14,17,19-21,23,25-26,30,36H,2-7,12-13,15-16H2,1H3,(H2,34,39)(H,35,40). The van der Waals surface area contributed by atoms with E-state index >= 15 is 0 Å². The number of primary amides is 1. The molecular formula is C33H40N4O3. The molecule has 2 aromatic carbocycles. The molecule has 0 aromatic heterocycles. The first-order chi connectivity index (χ1) is 19.4. The lowest BCUT2D eigenvalue weighted by Gasteiger charge is -2.41. The first kappa shape index (κ1) is 25.6. The smallest absolute Gasteiger partial charge is 0.251 e. The third-order valence-electron chi connectivity index (χ3n) is 9.92. The molecule has 2 unspecified atom stereocenters. The largest absolute Gasteiger partial charge is 0.381 e. The molecule has 2 amide bonds. The molecule has 3 saturated carbocycles. The lowest BCUT2D eigenvalue weighted by Crippen LogP contribution is -2.50. The quantitative estimate of drug-likeness (QED) is 0.359. The minimum Gasteiger partial charge on any atom is -0.381 e. The van der Waals surface area contributed by atoms with Gasteiger partial charge in [0.2, 0.25) is 0 Å². The second kappa shape index (κ2) is 9.93. The summed E-state index contributed by atoms with van der Waals surface area (Å²) in [6, 6.07) is 13.0. The van der Waals surface area contributed by atoms with Crippen molar-refractivity contribution in [2.24, 2.45) is 23.5 Å². The average molecular weight is 541 g/mol. The molecule has 5 aliphatic rings. The molecule has 7 rings (SSSR count). The zero-order valence-corrected chi connectivity index (χ0v) is 23.3. The van der Waals surface area contributed by atoms with Crippen molar-refractivity contribution in [3.8, 4) is 0 Å². The van der Waals surface area contributed by atoms with E-state index in [0.717, 1.165) is 49.7 Å². The van der Waals surface area contributed by atoms with Gasteiger partial charge in [0, 0.05) is 52.6 Å². The van der Waals surface area contributed by atoms with E-state index in [1.54, 1.807) is 6.07 Å². The van der Waals surface area contributed by atoms with Crippen molar-refractivity contribution < 1.29 is 14.4 Å². The Hall–Kier alpha value is -3.35. The summed E-state index contributed by atoms with van der Waals surface area (Å²) in [5.41, 5.74) is 10.3. The maximum absolute atomic E-state index is 13.6. The molecule has 40 heavy (non-hydrogen) atoms. The number of benzene rings is 2. The first-order valence-electron chi connectivity index (χ1n) is 15.3. The molecule has 2 saturated heterocycles. The zero-order chi connectivity index (χ0) is 27.5. The highest BCUT2D eigenvalue weighted by atomic mass is 16.2. The molecule has 5 fully saturated rings. The number of nitrogens with zero attached hydrogens (tertiary/aromatic N) is 1. The number of hydrogen-bond acceptors (Lipinski definition) is 5. The summed E-state index contributed by atoms with van der Waals surface area (Å²) in [5.74, 6) is 1.29. The molecule has 2 aliphatic heterocycles. The Bertz CT molecular complexity index is 1320. The Kier molecular flexibility index (Phi) is 6.36. The molecule has 2 aromatic rings. The predicted molar refractivity (Wildman–Crippen MR) is 156 cm³/mol. The molecule has 0 radical (unpaired) electrons. The van der Waals surface area contributed by atoms with Crippen LogP contribution in [0.4, 0.5) is 11.4 Å². The van der Waals surface area contributed by atoms with Gasteiger partial charge in [0.15, 0.2) is 5.78 Å². The molecular weight excluding hydrogens is 500 g/mol. The van der Waals surface area contributed by atoms with Gasteiger partial charge >= 0.3 is 0 Å². The number of nitrogens with two attached hydrogens (primary N) is 1. The van der Waals surface area contributed by atoms with Crippen LogP contribution in [0.15, 0.2) is 36.4 Å². The number of fused-ring (bicyclic) bond motifs is 2. The molecule has 2 bridgehead atoms. The van der Waals surface area contributed by atoms with Crippen molar-refractivity contribution in [1.82, 2.24) is 5.32 Å². The van der Waals surface area contributed by atoms with Crippen LogP contribution in [0.5, 0.6) is 0 Å². The fraction of sp³-hybridized carbons (Fsp3) is 0.545. The van der Waals surface area contributed by atoms with Crippen LogP contribution >= 0.6 is 0 Å². The fourth-order valence-corrected chi connectivity index (χ4v) is 7.35. The molecule has 2 heterocycles. The van der Waals surface area contributed by atoms with Gasteiger partial charge in [0.05, 0.1) is 5.56 Å². The van der Waals surface area contributed by atoms with Gasteiger partial charge in [-0.25, -0.2) is 0 Å². The van der Waals surface area contributed by atoms with Crippen LogP contribution in [-0.4, -0.2) is 41.8 Å². The van der Waals surface area contributed by atoms with E-state index in [0.29, 0.717) is 46.8 Å². The van der Waals surface area contributed by atoms with Crippen molar-refractivity contribution in [2.75, 3.05) is 10.2 Å². The second-order valence-corrected chi connectivity index (χ2v) is 13.0. The summed E-state index contributed by atoms with van der Waals surface area (Å²) in [6.45, 7) is 1.88. The Balaban J connectivity index is 1.04. The van der Waals surface area contributed by atoms with E-state index in [2.05, 4.69) is 27.7 Å². The third-order valence-corrected chi connectivity index (χ3v) is 9.92. The highest BCUT2D eigenvalue weighted by Crippen LogP contribution is 2.46. The van der Waals surface area contributed by atoms with Gasteiger partial charge in [-0.1, -0.05) is 0 Å². The Morgan fingerprint density at radius 1 is 0.850 bits per heavy atom. The minimum absolute atomic E-state index is 0.0771. The zero-order valence-electron chi connectivity index (χ0n) is 23.3. The van der Waals surface area contributed by atoms with Crippen LogP contribution < -0.4 is 21.3 Å². The number of anilines is 2. The van der Waals surface area contributed by atoms with Gasteiger partial charge in [0.1, 0.15) is 0 Å². The molecule has 0 spiro atoms. The van der Waals surface area contributed by atoms with E-state index in [-0.39, 0.29) is 23.7 Å². The van der Waals surface area contributed by atoms with Crippen molar-refractivity contribution in [2.45, 2.75) is 95.3 Å². The third kappa shape index (κ3) is 4.99. The number of hydrogen-bond donors (Lipinski definition) is 3. The van der Waals surface area contributed by atoms with Crippen LogP contribution in [0.3, 0.4) is 0 Å². The van der Waals surface area contributed by atoms with Gasteiger partial charge in [0.25, 0.3) is 11.8 Å². The van der Waals surface area contributed by atoms with Crippen molar-refractivity contribution in [3.05, 3.63) is 58.7 Å². The summed E-state index contributed by atoms with van der Waals surface area (Å²) in [5, 5.41) is 6.98. The SMILES string of the molecule is Cc1cc(C(N)=O)c(NC(C2CC2)C2CC2)cc1C(=O)NC1CC2CCC(C1)N2c1ccc(C(=O)C2CC2)cc1. The normalized spacial score (nSPS) is 25.6. The average Bonchev–Trinajstić information content (AvgIpc) is 3.80. The number of piperidine rings is 1. The van der Waals surface area contributed by atoms with E-state index < -0.39 is 5.91 Å². The molecule has 210 valence electrons. The number of Topliss-reactive ketones (excluding diaryl/α,β-unsaturated/α-hetero) is 1. The van der Waals surface area contributed by atoms with Crippen LogP contribution in [0.25, 0.3) is 0 Å². The van der Waals surface area contributed by atoms with Gasteiger partial charge in [-0.05, 0) is 125 Å². The Labute approximate surface area is 236 Å². The highest BCUT2D eigenvalue weighted by molar-refractivity contribution is 6.03. The summed E-state index contributed by atoms with van der Waals surface area (Å²) in [4.78, 5) is 40.8. The van der Waals surface area contributed by atoms with E-state index in [4.69, 9.17) is 5.73 Å². The maximum atomic E-state index is 13.6. The number of amides is 2. The number of aryl methyl sites for hydroxylation is 1. The fourth-order valence-electron chi connectivity index (χ4n) is 7.35. The first-order valence-corrected chi connectivity index (χ1v) is 15.3. The molecule has 7 heteroatoms. The van der Waals surface area contributed by atoms with Crippen LogP contribution in [-0.2, 0) is 0 Å². The number of nitrogens with one attached hydrogen (secondary N) is 2. The Morgan fingerprint density at radius 3 is 2.02 bits per heavy atom. The molecule has 4 N–H and O–H groups in total. The van der Waals surface area contributed by atoms with Crippen molar-refractivity contribution in [1.29, 1.82) is 0 Å². The number of ketones is 1. The van der Waals surface area contributed by atoms with E-state index in [1.165, 1.54) is 31.4 Å². The lowest BCUT2D eigenvalue weighted by atomic mass is 9.95. The number of carbonyl (C=O) groups is 3. The lowest BCUT2D eigenvalue weighted by molar-refractivity contribution is 0.0923. The summed E-state index contributed by atoms with van der Waals surface area (Å²) >= 11 is 0. The monoisotopic (exact) mass is 540 g/mol. The summed E-state index contributed by atoms with van der Waals surface area (Å²) in [6.07, 6.45) is 11.0. The van der Waals surface area contributed by atoms with Gasteiger partial charge in [-0.15, -0.1) is 0 Å². The number of carbonyl (C=O) groups excluding carboxylic acids is 3. The van der Waals surface area contributed by atoms with E-state index in [9.17, 15) is 14.4 Å². The van der Waals surface area contributed by atoms with Crippen LogP contribution in [0.1, 0.15) is 101 Å². The van der Waals surface area contributed by atoms with Gasteiger partial charge in [-0.2, -0.15) is 0 Å². The highest BCUT2D eigenvalue weighted by Gasteiger charge is 2.43. The topological polar surface area (TPSA) is 105 Å². The van der Waals surface area contributed by atoms with Crippen LogP contribution in [0.2, 0.25) is 0 Å². The van der Waals surface area contributed by atoms with Crippen LogP contribution in [0, 0.1) is 24.7 Å².